The molecule has 0 bridgehead atoms. The van der Waals surface area contributed by atoms with Gasteiger partial charge in [0.2, 0.25) is 0 Å². The van der Waals surface area contributed by atoms with Crippen LogP contribution in [0.25, 0.3) is 0 Å². The lowest BCUT2D eigenvalue weighted by molar-refractivity contribution is -0.137. The maximum atomic E-state index is 12.5. The second-order valence-electron chi connectivity index (χ2n) is 5.63. The van der Waals surface area contributed by atoms with Crippen LogP contribution in [0.15, 0.2) is 36.4 Å². The van der Waals surface area contributed by atoms with Crippen LogP contribution in [-0.4, -0.2) is 24.2 Å². The summed E-state index contributed by atoms with van der Waals surface area (Å²) in [7, 11) is 0. The zero-order valence-electron chi connectivity index (χ0n) is 13.9. The predicted molar refractivity (Wildman–Crippen MR) is 96.6 cm³/mol. The largest absolute Gasteiger partial charge is 0.508 e. The van der Waals surface area contributed by atoms with Gasteiger partial charge in [-0.15, -0.1) is 0 Å². The number of alkyl halides is 3. The SMILES string of the molecule is O=C(NCCCCOc1c(Cl)cc(O)cc1Cl)c1ccc(C(F)(F)F)cc1. The average Bonchev–Trinajstić information content (AvgIpc) is 2.58. The highest BCUT2D eigenvalue weighted by molar-refractivity contribution is 6.37. The zero-order chi connectivity index (χ0) is 20.0. The van der Waals surface area contributed by atoms with Crippen molar-refractivity contribution < 1.29 is 27.8 Å². The molecule has 0 unspecified atom stereocenters. The van der Waals surface area contributed by atoms with Gasteiger partial charge in [0.15, 0.2) is 5.75 Å². The Hall–Kier alpha value is -2.12. The Balaban J connectivity index is 1.72. The van der Waals surface area contributed by atoms with E-state index in [0.717, 1.165) is 24.3 Å². The molecule has 0 heterocycles. The van der Waals surface area contributed by atoms with Crippen molar-refractivity contribution in [3.8, 4) is 11.5 Å². The number of benzene rings is 2. The molecule has 0 saturated heterocycles. The third-order valence-corrected chi connectivity index (χ3v) is 4.12. The van der Waals surface area contributed by atoms with Crippen LogP contribution in [0.4, 0.5) is 13.2 Å². The van der Waals surface area contributed by atoms with Crippen LogP contribution in [0, 0.1) is 0 Å². The highest BCUT2D eigenvalue weighted by Crippen LogP contribution is 2.36. The lowest BCUT2D eigenvalue weighted by Crippen LogP contribution is -2.24. The van der Waals surface area contributed by atoms with E-state index in [2.05, 4.69) is 5.32 Å². The minimum Gasteiger partial charge on any atom is -0.508 e. The van der Waals surface area contributed by atoms with Gasteiger partial charge in [-0.25, -0.2) is 0 Å². The number of ether oxygens (including phenoxy) is 1. The first-order chi connectivity index (χ1) is 12.7. The van der Waals surface area contributed by atoms with E-state index in [9.17, 15) is 23.1 Å². The summed E-state index contributed by atoms with van der Waals surface area (Å²) in [5.41, 5.74) is -0.648. The van der Waals surface area contributed by atoms with Gasteiger partial charge in [0, 0.05) is 24.2 Å². The number of nitrogens with one attached hydrogen (secondary N) is 1. The molecule has 0 spiro atoms. The van der Waals surface area contributed by atoms with Crippen molar-refractivity contribution in [2.45, 2.75) is 19.0 Å². The van der Waals surface area contributed by atoms with E-state index in [-0.39, 0.29) is 27.1 Å². The first-order valence-electron chi connectivity index (χ1n) is 7.95. The minimum atomic E-state index is -4.43. The number of unbranched alkanes of at least 4 members (excludes halogenated alkanes) is 1. The molecule has 0 aliphatic rings. The first kappa shape index (κ1) is 21.2. The number of amides is 1. The second-order valence-corrected chi connectivity index (χ2v) is 6.44. The summed E-state index contributed by atoms with van der Waals surface area (Å²) < 4.78 is 42.9. The normalized spacial score (nSPS) is 11.3. The maximum absolute atomic E-state index is 12.5. The third kappa shape index (κ3) is 6.22. The molecule has 1 amide bonds. The number of phenolic OH excluding ortho intramolecular Hbond substituents is 1. The fourth-order valence-electron chi connectivity index (χ4n) is 2.20. The topological polar surface area (TPSA) is 58.6 Å². The van der Waals surface area contributed by atoms with Gasteiger partial charge < -0.3 is 15.2 Å². The van der Waals surface area contributed by atoms with Crippen molar-refractivity contribution in [3.05, 3.63) is 57.6 Å². The number of carbonyl (C=O) groups excluding carboxylic acids is 1. The molecule has 0 fully saturated rings. The lowest BCUT2D eigenvalue weighted by Gasteiger charge is -2.11. The Bertz CT molecular complexity index is 772. The van der Waals surface area contributed by atoms with Gasteiger partial charge in [0.1, 0.15) is 5.75 Å². The van der Waals surface area contributed by atoms with E-state index in [1.165, 1.54) is 12.1 Å². The van der Waals surface area contributed by atoms with Gasteiger partial charge >= 0.3 is 6.18 Å². The molecule has 2 rings (SSSR count). The Morgan fingerprint density at radius 1 is 1.07 bits per heavy atom. The summed E-state index contributed by atoms with van der Waals surface area (Å²) >= 11 is 11.9. The number of halogens is 5. The van der Waals surface area contributed by atoms with E-state index in [0.29, 0.717) is 26.0 Å². The number of aromatic hydroxyl groups is 1. The van der Waals surface area contributed by atoms with Crippen LogP contribution >= 0.6 is 23.2 Å². The summed E-state index contributed by atoms with van der Waals surface area (Å²) in [6.07, 6.45) is -3.27. The van der Waals surface area contributed by atoms with E-state index < -0.39 is 17.6 Å². The number of hydrogen-bond acceptors (Lipinski definition) is 3. The van der Waals surface area contributed by atoms with E-state index >= 15 is 0 Å². The molecule has 27 heavy (non-hydrogen) atoms. The van der Waals surface area contributed by atoms with Crippen LogP contribution < -0.4 is 10.1 Å². The predicted octanol–water partition coefficient (Wildman–Crippen LogP) is 5.31. The standard InChI is InChI=1S/C18H16Cl2F3NO3/c19-14-9-13(25)10-15(20)16(14)27-8-2-1-7-24-17(26)11-3-5-12(6-4-11)18(21,22)23/h3-6,9-10,25H,1-2,7-8H2,(H,24,26). The van der Waals surface area contributed by atoms with Crippen molar-refractivity contribution in [2.75, 3.05) is 13.2 Å². The summed E-state index contributed by atoms with van der Waals surface area (Å²) in [4.78, 5) is 11.9. The summed E-state index contributed by atoms with van der Waals surface area (Å²) in [5, 5.41) is 12.3. The first-order valence-corrected chi connectivity index (χ1v) is 8.70. The molecule has 2 aromatic carbocycles. The second kappa shape index (κ2) is 9.19. The van der Waals surface area contributed by atoms with Crippen LogP contribution in [0.3, 0.4) is 0 Å². The zero-order valence-corrected chi connectivity index (χ0v) is 15.5. The smallest absolute Gasteiger partial charge is 0.416 e. The Kier molecular flexibility index (Phi) is 7.21. The molecule has 0 radical (unpaired) electrons. The number of carbonyl (C=O) groups is 1. The van der Waals surface area contributed by atoms with Gasteiger partial charge in [0.25, 0.3) is 5.91 Å². The minimum absolute atomic E-state index is 0.0664. The van der Waals surface area contributed by atoms with Crippen LogP contribution in [0.2, 0.25) is 10.0 Å². The van der Waals surface area contributed by atoms with Gasteiger partial charge in [-0.3, -0.25) is 4.79 Å². The molecule has 9 heteroatoms. The molecule has 2 aromatic rings. The van der Waals surface area contributed by atoms with Crippen molar-refractivity contribution >= 4 is 29.1 Å². The number of rotatable bonds is 7. The van der Waals surface area contributed by atoms with Crippen LogP contribution in [0.5, 0.6) is 11.5 Å². The summed E-state index contributed by atoms with van der Waals surface area (Å²) in [5.74, 6) is -0.248. The Morgan fingerprint density at radius 3 is 2.22 bits per heavy atom. The molecule has 4 nitrogen and oxygen atoms in total. The summed E-state index contributed by atoms with van der Waals surface area (Å²) in [6.45, 7) is 0.626. The summed E-state index contributed by atoms with van der Waals surface area (Å²) in [6, 6.07) is 6.63. The molecule has 0 atom stereocenters. The fraction of sp³-hybridized carbons (Fsp3) is 0.278. The van der Waals surface area contributed by atoms with Gasteiger partial charge in [0.05, 0.1) is 22.2 Å². The monoisotopic (exact) mass is 421 g/mol. The molecule has 146 valence electrons. The molecular weight excluding hydrogens is 406 g/mol. The Morgan fingerprint density at radius 2 is 1.67 bits per heavy atom. The highest BCUT2D eigenvalue weighted by Gasteiger charge is 2.30. The van der Waals surface area contributed by atoms with E-state index in [1.54, 1.807) is 0 Å². The average molecular weight is 422 g/mol. The van der Waals surface area contributed by atoms with E-state index in [1.807, 2.05) is 0 Å². The molecular formula is C18H16Cl2F3NO3. The highest BCUT2D eigenvalue weighted by atomic mass is 35.5. The molecule has 0 aliphatic carbocycles. The van der Waals surface area contributed by atoms with Gasteiger partial charge in [-0.05, 0) is 37.1 Å². The van der Waals surface area contributed by atoms with Crippen LogP contribution in [0.1, 0.15) is 28.8 Å². The quantitative estimate of drug-likeness (QED) is 0.595. The molecule has 0 saturated carbocycles. The van der Waals surface area contributed by atoms with Crippen molar-refractivity contribution in [1.29, 1.82) is 0 Å². The third-order valence-electron chi connectivity index (χ3n) is 3.56. The number of phenols is 1. The molecule has 0 aliphatic heterocycles. The van der Waals surface area contributed by atoms with Gasteiger partial charge in [-0.2, -0.15) is 13.2 Å². The van der Waals surface area contributed by atoms with Crippen molar-refractivity contribution in [3.63, 3.8) is 0 Å². The maximum Gasteiger partial charge on any atom is 0.416 e. The Labute approximate surface area is 163 Å². The van der Waals surface area contributed by atoms with Crippen molar-refractivity contribution in [1.82, 2.24) is 5.32 Å². The molecule has 2 N–H and O–H groups in total. The number of hydrogen-bond donors (Lipinski definition) is 2. The van der Waals surface area contributed by atoms with E-state index in [4.69, 9.17) is 27.9 Å². The fourth-order valence-corrected chi connectivity index (χ4v) is 2.78. The van der Waals surface area contributed by atoms with Gasteiger partial charge in [-0.1, -0.05) is 23.2 Å². The lowest BCUT2D eigenvalue weighted by atomic mass is 10.1. The van der Waals surface area contributed by atoms with Crippen LogP contribution in [-0.2, 0) is 6.18 Å². The molecule has 0 aromatic heterocycles. The van der Waals surface area contributed by atoms with Crippen molar-refractivity contribution in [2.24, 2.45) is 0 Å².